The highest BCUT2D eigenvalue weighted by Gasteiger charge is 2.21. The van der Waals surface area contributed by atoms with Gasteiger partial charge in [0.1, 0.15) is 6.07 Å². The van der Waals surface area contributed by atoms with E-state index >= 15 is 0 Å². The summed E-state index contributed by atoms with van der Waals surface area (Å²) < 4.78 is 0. The summed E-state index contributed by atoms with van der Waals surface area (Å²) in [7, 11) is 0. The molecule has 0 radical (unpaired) electrons. The average Bonchev–Trinajstić information content (AvgIpc) is 2.94. The lowest BCUT2D eigenvalue weighted by Crippen LogP contribution is -2.18. The van der Waals surface area contributed by atoms with Gasteiger partial charge in [-0.15, -0.1) is 0 Å². The summed E-state index contributed by atoms with van der Waals surface area (Å²) in [5.41, 5.74) is 3.51. The molecule has 2 heterocycles. The second-order valence-electron chi connectivity index (χ2n) is 4.82. The standard InChI is InChI=1S/C16H13N3O/c17-9-11-1-6-14(18-10-11)12-2-4-13(5-3-12)15-7-8-16(20)19-15/h1-6,10,15H,7-8H2,(H,19,20). The van der Waals surface area contributed by atoms with Crippen LogP contribution in [0.5, 0.6) is 0 Å². The number of benzene rings is 1. The van der Waals surface area contributed by atoms with E-state index in [1.165, 1.54) is 0 Å². The van der Waals surface area contributed by atoms with Crippen LogP contribution in [0.4, 0.5) is 0 Å². The van der Waals surface area contributed by atoms with Gasteiger partial charge in [0.15, 0.2) is 0 Å². The van der Waals surface area contributed by atoms with Crippen molar-refractivity contribution < 1.29 is 4.79 Å². The molecule has 1 fully saturated rings. The van der Waals surface area contributed by atoms with Crippen LogP contribution in [0.2, 0.25) is 0 Å². The van der Waals surface area contributed by atoms with Gasteiger partial charge in [-0.2, -0.15) is 5.26 Å². The predicted molar refractivity (Wildman–Crippen MR) is 74.5 cm³/mol. The Morgan fingerprint density at radius 3 is 2.55 bits per heavy atom. The normalized spacial score (nSPS) is 17.6. The van der Waals surface area contributed by atoms with Crippen LogP contribution in [0.15, 0.2) is 42.6 Å². The van der Waals surface area contributed by atoms with Gasteiger partial charge >= 0.3 is 0 Å². The third-order valence-corrected chi connectivity index (χ3v) is 3.50. The van der Waals surface area contributed by atoms with Gasteiger partial charge in [-0.05, 0) is 24.1 Å². The number of nitriles is 1. The van der Waals surface area contributed by atoms with E-state index < -0.39 is 0 Å². The fraction of sp³-hybridized carbons (Fsp3) is 0.188. The molecule has 3 rings (SSSR count). The van der Waals surface area contributed by atoms with Crippen molar-refractivity contribution in [3.05, 3.63) is 53.7 Å². The van der Waals surface area contributed by atoms with Gasteiger partial charge < -0.3 is 5.32 Å². The van der Waals surface area contributed by atoms with E-state index in [1.807, 2.05) is 30.3 Å². The van der Waals surface area contributed by atoms with E-state index in [-0.39, 0.29) is 11.9 Å². The molecule has 0 aliphatic carbocycles. The molecule has 1 unspecified atom stereocenters. The van der Waals surface area contributed by atoms with E-state index in [9.17, 15) is 4.79 Å². The molecule has 0 spiro atoms. The van der Waals surface area contributed by atoms with Crippen LogP contribution < -0.4 is 5.32 Å². The van der Waals surface area contributed by atoms with E-state index in [0.29, 0.717) is 12.0 Å². The molecule has 1 atom stereocenters. The van der Waals surface area contributed by atoms with Gasteiger partial charge in [-0.1, -0.05) is 24.3 Å². The summed E-state index contributed by atoms with van der Waals surface area (Å²) in [5.74, 6) is 0.118. The molecule has 1 aromatic heterocycles. The van der Waals surface area contributed by atoms with Crippen molar-refractivity contribution in [2.75, 3.05) is 0 Å². The number of rotatable bonds is 2. The van der Waals surface area contributed by atoms with E-state index in [0.717, 1.165) is 23.2 Å². The van der Waals surface area contributed by atoms with Crippen molar-refractivity contribution >= 4 is 5.91 Å². The highest BCUT2D eigenvalue weighted by molar-refractivity contribution is 5.78. The number of aromatic nitrogens is 1. The minimum absolute atomic E-state index is 0.118. The maximum atomic E-state index is 11.2. The molecule has 4 heteroatoms. The molecule has 1 aromatic carbocycles. The second kappa shape index (κ2) is 5.14. The Balaban J connectivity index is 1.82. The van der Waals surface area contributed by atoms with E-state index in [2.05, 4.69) is 16.4 Å². The zero-order valence-electron chi connectivity index (χ0n) is 10.8. The minimum atomic E-state index is 0.118. The topological polar surface area (TPSA) is 65.8 Å². The Morgan fingerprint density at radius 2 is 2.00 bits per heavy atom. The van der Waals surface area contributed by atoms with Crippen LogP contribution >= 0.6 is 0 Å². The van der Waals surface area contributed by atoms with Crippen molar-refractivity contribution in [3.8, 4) is 17.3 Å². The summed E-state index contributed by atoms with van der Waals surface area (Å²) >= 11 is 0. The second-order valence-corrected chi connectivity index (χ2v) is 4.82. The number of carbonyl (C=O) groups excluding carboxylic acids is 1. The molecular weight excluding hydrogens is 250 g/mol. The average molecular weight is 263 g/mol. The van der Waals surface area contributed by atoms with E-state index in [1.54, 1.807) is 12.3 Å². The zero-order valence-corrected chi connectivity index (χ0v) is 10.8. The molecule has 1 aliphatic heterocycles. The highest BCUT2D eigenvalue weighted by Crippen LogP contribution is 2.26. The molecule has 0 bridgehead atoms. The smallest absolute Gasteiger partial charge is 0.220 e. The molecule has 20 heavy (non-hydrogen) atoms. The summed E-state index contributed by atoms with van der Waals surface area (Å²) in [6.45, 7) is 0. The van der Waals surface area contributed by atoms with Crippen LogP contribution in [0.25, 0.3) is 11.3 Å². The summed E-state index contributed by atoms with van der Waals surface area (Å²) in [4.78, 5) is 15.5. The van der Waals surface area contributed by atoms with Gasteiger partial charge in [0.25, 0.3) is 0 Å². The Labute approximate surface area is 117 Å². The highest BCUT2D eigenvalue weighted by atomic mass is 16.1. The lowest BCUT2D eigenvalue weighted by atomic mass is 10.0. The van der Waals surface area contributed by atoms with Gasteiger partial charge in [0.05, 0.1) is 17.3 Å². The van der Waals surface area contributed by atoms with Crippen LogP contribution in [0.1, 0.15) is 30.0 Å². The summed E-state index contributed by atoms with van der Waals surface area (Å²) in [5, 5.41) is 11.7. The SMILES string of the molecule is N#Cc1ccc(-c2ccc(C3CCC(=O)N3)cc2)nc1. The van der Waals surface area contributed by atoms with Crippen molar-refractivity contribution in [2.24, 2.45) is 0 Å². The van der Waals surface area contributed by atoms with Gasteiger partial charge in [0.2, 0.25) is 5.91 Å². The number of nitrogens with zero attached hydrogens (tertiary/aromatic N) is 2. The van der Waals surface area contributed by atoms with Crippen LogP contribution in [-0.4, -0.2) is 10.9 Å². The molecule has 1 amide bonds. The van der Waals surface area contributed by atoms with Crippen molar-refractivity contribution in [1.82, 2.24) is 10.3 Å². The first-order valence-electron chi connectivity index (χ1n) is 6.52. The van der Waals surface area contributed by atoms with Crippen LogP contribution in [0, 0.1) is 11.3 Å². The molecule has 1 N–H and O–H groups in total. The molecule has 4 nitrogen and oxygen atoms in total. The molecule has 1 aliphatic rings. The van der Waals surface area contributed by atoms with Crippen LogP contribution in [0.3, 0.4) is 0 Å². The number of hydrogen-bond donors (Lipinski definition) is 1. The lowest BCUT2D eigenvalue weighted by Gasteiger charge is -2.10. The third-order valence-electron chi connectivity index (χ3n) is 3.50. The minimum Gasteiger partial charge on any atom is -0.349 e. The van der Waals surface area contributed by atoms with Crippen molar-refractivity contribution in [3.63, 3.8) is 0 Å². The number of nitrogens with one attached hydrogen (secondary N) is 1. The van der Waals surface area contributed by atoms with E-state index in [4.69, 9.17) is 5.26 Å². The first kappa shape index (κ1) is 12.4. The zero-order chi connectivity index (χ0) is 13.9. The summed E-state index contributed by atoms with van der Waals surface area (Å²) in [6.07, 6.45) is 3.03. The van der Waals surface area contributed by atoms with Gasteiger partial charge in [0, 0.05) is 18.2 Å². The molecule has 2 aromatic rings. The Morgan fingerprint density at radius 1 is 1.20 bits per heavy atom. The molecule has 0 saturated carbocycles. The lowest BCUT2D eigenvalue weighted by molar-refractivity contribution is -0.119. The maximum absolute atomic E-state index is 11.2. The van der Waals surface area contributed by atoms with Gasteiger partial charge in [-0.25, -0.2) is 0 Å². The van der Waals surface area contributed by atoms with Crippen molar-refractivity contribution in [2.45, 2.75) is 18.9 Å². The maximum Gasteiger partial charge on any atom is 0.220 e. The number of pyridine rings is 1. The first-order valence-corrected chi connectivity index (χ1v) is 6.52. The Bertz CT molecular complexity index is 668. The molecule has 98 valence electrons. The monoisotopic (exact) mass is 263 g/mol. The number of hydrogen-bond acceptors (Lipinski definition) is 3. The Hall–Kier alpha value is -2.67. The fourth-order valence-electron chi connectivity index (χ4n) is 2.38. The molecular formula is C16H13N3O. The Kier molecular flexibility index (Phi) is 3.18. The summed E-state index contributed by atoms with van der Waals surface area (Å²) in [6, 6.07) is 13.8. The predicted octanol–water partition coefficient (Wildman–Crippen LogP) is 2.57. The van der Waals surface area contributed by atoms with Gasteiger partial charge in [-0.3, -0.25) is 9.78 Å². The number of amides is 1. The first-order chi connectivity index (χ1) is 9.76. The number of carbonyl (C=O) groups is 1. The largest absolute Gasteiger partial charge is 0.349 e. The quantitative estimate of drug-likeness (QED) is 0.905. The third kappa shape index (κ3) is 2.39. The van der Waals surface area contributed by atoms with Crippen molar-refractivity contribution in [1.29, 1.82) is 5.26 Å². The molecule has 1 saturated heterocycles. The van der Waals surface area contributed by atoms with Crippen LogP contribution in [-0.2, 0) is 4.79 Å². The fourth-order valence-corrected chi connectivity index (χ4v) is 2.38.